The van der Waals surface area contributed by atoms with E-state index in [-0.39, 0.29) is 0 Å². The molecule has 2 aromatic carbocycles. The molecule has 0 saturated heterocycles. The van der Waals surface area contributed by atoms with E-state index in [1.807, 2.05) is 42.5 Å². The lowest BCUT2D eigenvalue weighted by Gasteiger charge is -2.07. The fraction of sp³-hybridized carbons (Fsp3) is 0.0588. The number of carbonyl (C=O) groups excluding carboxylic acids is 1. The molecule has 0 bridgehead atoms. The lowest BCUT2D eigenvalue weighted by Crippen LogP contribution is -2.10. The first-order valence-corrected chi connectivity index (χ1v) is 6.59. The number of hydrogen-bond acceptors (Lipinski definition) is 3. The van der Waals surface area contributed by atoms with Crippen LogP contribution in [0.1, 0.15) is 15.9 Å². The van der Waals surface area contributed by atoms with Crippen molar-refractivity contribution in [2.75, 3.05) is 0 Å². The highest BCUT2D eigenvalue weighted by atomic mass is 16.5. The maximum absolute atomic E-state index is 11.0. The van der Waals surface area contributed by atoms with Gasteiger partial charge >= 0.3 is 0 Å². The Morgan fingerprint density at radius 3 is 2.62 bits per heavy atom. The van der Waals surface area contributed by atoms with Crippen molar-refractivity contribution in [3.05, 3.63) is 71.9 Å². The van der Waals surface area contributed by atoms with Crippen LogP contribution in [-0.2, 0) is 6.61 Å². The summed E-state index contributed by atoms with van der Waals surface area (Å²) in [7, 11) is 0. The number of nitrogens with two attached hydrogens (primary N) is 1. The number of primary amides is 1. The molecule has 0 aliphatic carbocycles. The van der Waals surface area contributed by atoms with Gasteiger partial charge in [0.05, 0.1) is 11.7 Å². The van der Waals surface area contributed by atoms with Crippen molar-refractivity contribution in [3.63, 3.8) is 0 Å². The van der Waals surface area contributed by atoms with Crippen LogP contribution in [0.2, 0.25) is 0 Å². The van der Waals surface area contributed by atoms with Gasteiger partial charge in [-0.2, -0.15) is 0 Å². The van der Waals surface area contributed by atoms with Crippen LogP contribution in [0.15, 0.2) is 60.8 Å². The third kappa shape index (κ3) is 3.00. The number of fused-ring (bicyclic) bond motifs is 1. The highest BCUT2D eigenvalue weighted by molar-refractivity contribution is 5.92. The first-order valence-electron chi connectivity index (χ1n) is 6.59. The second-order valence-electron chi connectivity index (χ2n) is 4.71. The van der Waals surface area contributed by atoms with E-state index in [0.29, 0.717) is 17.9 Å². The molecular weight excluding hydrogens is 264 g/mol. The summed E-state index contributed by atoms with van der Waals surface area (Å²) in [6, 6.07) is 16.9. The maximum atomic E-state index is 11.0. The van der Waals surface area contributed by atoms with E-state index in [1.165, 1.54) is 0 Å². The van der Waals surface area contributed by atoms with E-state index in [0.717, 1.165) is 16.5 Å². The van der Waals surface area contributed by atoms with E-state index >= 15 is 0 Å². The fourth-order valence-electron chi connectivity index (χ4n) is 2.06. The van der Waals surface area contributed by atoms with Gasteiger partial charge in [-0.15, -0.1) is 0 Å². The molecule has 0 radical (unpaired) electrons. The van der Waals surface area contributed by atoms with Crippen molar-refractivity contribution >= 4 is 16.8 Å². The number of hydrogen-bond donors (Lipinski definition) is 1. The van der Waals surface area contributed by atoms with Gasteiger partial charge in [0.25, 0.3) is 0 Å². The van der Waals surface area contributed by atoms with Gasteiger partial charge < -0.3 is 10.5 Å². The summed E-state index contributed by atoms with van der Waals surface area (Å²) in [5, 5.41) is 1.04. The highest BCUT2D eigenvalue weighted by Gasteiger charge is 2.02. The quantitative estimate of drug-likeness (QED) is 0.798. The molecule has 21 heavy (non-hydrogen) atoms. The van der Waals surface area contributed by atoms with E-state index in [4.69, 9.17) is 10.5 Å². The Balaban J connectivity index is 1.72. The topological polar surface area (TPSA) is 65.2 Å². The second-order valence-corrected chi connectivity index (χ2v) is 4.71. The van der Waals surface area contributed by atoms with Crippen LogP contribution in [0, 0.1) is 0 Å². The maximum Gasteiger partial charge on any atom is 0.248 e. The van der Waals surface area contributed by atoms with Gasteiger partial charge in [0, 0.05) is 10.9 Å². The summed E-state index contributed by atoms with van der Waals surface area (Å²) in [6.07, 6.45) is 1.71. The van der Waals surface area contributed by atoms with Crippen LogP contribution in [0.5, 0.6) is 5.75 Å². The lowest BCUT2D eigenvalue weighted by molar-refractivity contribution is 0.1000. The molecule has 0 unspecified atom stereocenters. The molecule has 0 spiro atoms. The molecule has 4 nitrogen and oxygen atoms in total. The molecular formula is C17H14N2O2. The number of aromatic nitrogens is 1. The third-order valence-corrected chi connectivity index (χ3v) is 3.21. The van der Waals surface area contributed by atoms with Gasteiger partial charge in [-0.25, -0.2) is 0 Å². The summed E-state index contributed by atoms with van der Waals surface area (Å²) >= 11 is 0. The molecule has 1 amide bonds. The Morgan fingerprint density at radius 2 is 1.86 bits per heavy atom. The van der Waals surface area contributed by atoms with Crippen LogP contribution in [0.25, 0.3) is 10.9 Å². The average Bonchev–Trinajstić information content (AvgIpc) is 2.53. The van der Waals surface area contributed by atoms with Gasteiger partial charge in [-0.3, -0.25) is 9.78 Å². The summed E-state index contributed by atoms with van der Waals surface area (Å²) < 4.78 is 5.72. The first-order chi connectivity index (χ1) is 10.2. The van der Waals surface area contributed by atoms with Crippen LogP contribution in [-0.4, -0.2) is 10.9 Å². The summed E-state index contributed by atoms with van der Waals surface area (Å²) in [6.45, 7) is 0.416. The summed E-state index contributed by atoms with van der Waals surface area (Å²) in [5.41, 5.74) is 7.60. The smallest absolute Gasteiger partial charge is 0.248 e. The van der Waals surface area contributed by atoms with Gasteiger partial charge in [0.2, 0.25) is 5.91 Å². The molecule has 0 fully saturated rings. The van der Waals surface area contributed by atoms with E-state index < -0.39 is 5.91 Å². The summed E-state index contributed by atoms with van der Waals surface area (Å²) in [4.78, 5) is 15.3. The van der Waals surface area contributed by atoms with Gasteiger partial charge in [-0.1, -0.05) is 30.3 Å². The molecule has 0 saturated carbocycles. The number of pyridine rings is 1. The fourth-order valence-corrected chi connectivity index (χ4v) is 2.06. The molecule has 1 heterocycles. The molecule has 0 atom stereocenters. The normalized spacial score (nSPS) is 10.5. The van der Waals surface area contributed by atoms with Crippen molar-refractivity contribution < 1.29 is 9.53 Å². The molecule has 0 aliphatic heterocycles. The van der Waals surface area contributed by atoms with Crippen LogP contribution < -0.4 is 10.5 Å². The molecule has 3 aromatic rings. The molecule has 3 rings (SSSR count). The Hall–Kier alpha value is -2.88. The zero-order valence-corrected chi connectivity index (χ0v) is 11.3. The number of amides is 1. The van der Waals surface area contributed by atoms with Crippen molar-refractivity contribution in [2.45, 2.75) is 6.61 Å². The minimum Gasteiger partial charge on any atom is -0.487 e. The van der Waals surface area contributed by atoms with Crippen LogP contribution in [0.3, 0.4) is 0 Å². The second kappa shape index (κ2) is 5.63. The summed E-state index contributed by atoms with van der Waals surface area (Å²) in [5.74, 6) is 0.286. The molecule has 2 N–H and O–H groups in total. The molecule has 104 valence electrons. The van der Waals surface area contributed by atoms with Gasteiger partial charge in [-0.05, 0) is 29.8 Å². The van der Waals surface area contributed by atoms with E-state index in [1.54, 1.807) is 18.3 Å². The van der Waals surface area contributed by atoms with Gasteiger partial charge in [0.15, 0.2) is 0 Å². The molecule has 4 heteroatoms. The minimum atomic E-state index is -0.429. The van der Waals surface area contributed by atoms with Crippen LogP contribution in [0.4, 0.5) is 0 Å². The number of para-hydroxylation sites is 1. The van der Waals surface area contributed by atoms with Crippen LogP contribution >= 0.6 is 0 Å². The Bertz CT molecular complexity index is 782. The SMILES string of the molecule is NC(=O)c1ccc(COc2cnc3ccccc3c2)cc1. The Labute approximate surface area is 122 Å². The van der Waals surface area contributed by atoms with Crippen molar-refractivity contribution in [1.82, 2.24) is 4.98 Å². The average molecular weight is 278 g/mol. The number of ether oxygens (including phenoxy) is 1. The molecule has 1 aromatic heterocycles. The largest absolute Gasteiger partial charge is 0.487 e. The van der Waals surface area contributed by atoms with Crippen molar-refractivity contribution in [1.29, 1.82) is 0 Å². The number of nitrogens with zero attached hydrogens (tertiary/aromatic N) is 1. The van der Waals surface area contributed by atoms with Crippen molar-refractivity contribution in [2.24, 2.45) is 5.73 Å². The Kier molecular flexibility index (Phi) is 3.51. The Morgan fingerprint density at radius 1 is 1.10 bits per heavy atom. The number of carbonyl (C=O) groups is 1. The zero-order chi connectivity index (χ0) is 14.7. The number of rotatable bonds is 4. The van der Waals surface area contributed by atoms with Gasteiger partial charge in [0.1, 0.15) is 12.4 Å². The number of benzene rings is 2. The predicted molar refractivity (Wildman–Crippen MR) is 81.0 cm³/mol. The highest BCUT2D eigenvalue weighted by Crippen LogP contribution is 2.19. The molecule has 0 aliphatic rings. The zero-order valence-electron chi connectivity index (χ0n) is 11.3. The predicted octanol–water partition coefficient (Wildman–Crippen LogP) is 2.91. The van der Waals surface area contributed by atoms with E-state index in [9.17, 15) is 4.79 Å². The van der Waals surface area contributed by atoms with Crippen molar-refractivity contribution in [3.8, 4) is 5.75 Å². The lowest BCUT2D eigenvalue weighted by atomic mass is 10.1. The van der Waals surface area contributed by atoms with E-state index in [2.05, 4.69) is 4.98 Å². The monoisotopic (exact) mass is 278 g/mol. The third-order valence-electron chi connectivity index (χ3n) is 3.21. The first kappa shape index (κ1) is 13.1. The standard InChI is InChI=1S/C17H14N2O2/c18-17(20)13-7-5-12(6-8-13)11-21-15-9-14-3-1-2-4-16(14)19-10-15/h1-10H,11H2,(H2,18,20). The minimum absolute atomic E-state index is 0.416.